The monoisotopic (exact) mass is 352 g/mol. The smallest absolute Gasteiger partial charge is 0.417 e. The van der Waals surface area contributed by atoms with Crippen molar-refractivity contribution in [2.24, 2.45) is 0 Å². The van der Waals surface area contributed by atoms with Crippen molar-refractivity contribution in [3.05, 3.63) is 54.2 Å². The highest BCUT2D eigenvalue weighted by atomic mass is 35.5. The first-order chi connectivity index (χ1) is 11.3. The topological polar surface area (TPSA) is 107 Å². The molecule has 0 bridgehead atoms. The standard InChI is InChI=1S/C14H10ClFN4O4/c1-2-11(21)20(24)9-5-3-4-8(6-9)19(14(22)23)12-10(16)7-17-13(15)18-12/h2-7,24H,1H2,(H,22,23). The van der Waals surface area contributed by atoms with Crippen molar-refractivity contribution in [2.45, 2.75) is 0 Å². The average Bonchev–Trinajstić information content (AvgIpc) is 2.56. The molecule has 0 atom stereocenters. The van der Waals surface area contributed by atoms with Crippen molar-refractivity contribution >= 4 is 40.8 Å². The predicted octanol–water partition coefficient (Wildman–Crippen LogP) is 2.99. The Bertz CT molecular complexity index is 817. The van der Waals surface area contributed by atoms with E-state index < -0.39 is 23.6 Å². The molecule has 2 aromatic rings. The number of anilines is 3. The van der Waals surface area contributed by atoms with Gasteiger partial charge in [0.1, 0.15) is 0 Å². The predicted molar refractivity (Wildman–Crippen MR) is 83.1 cm³/mol. The fraction of sp³-hybridized carbons (Fsp3) is 0. The molecule has 1 aromatic heterocycles. The lowest BCUT2D eigenvalue weighted by Crippen LogP contribution is -2.27. The fourth-order valence-corrected chi connectivity index (χ4v) is 1.92. The first-order valence-corrected chi connectivity index (χ1v) is 6.69. The molecule has 1 heterocycles. The van der Waals surface area contributed by atoms with Crippen LogP contribution in [0.4, 0.5) is 26.4 Å². The number of carbonyl (C=O) groups excluding carboxylic acids is 1. The molecule has 0 saturated heterocycles. The van der Waals surface area contributed by atoms with Gasteiger partial charge in [0.2, 0.25) is 5.28 Å². The second-order valence-electron chi connectivity index (χ2n) is 4.30. The van der Waals surface area contributed by atoms with Gasteiger partial charge in [0, 0.05) is 0 Å². The van der Waals surface area contributed by atoms with Crippen LogP contribution in [0.5, 0.6) is 0 Å². The Morgan fingerprint density at radius 2 is 2.00 bits per heavy atom. The molecule has 0 unspecified atom stereocenters. The molecule has 24 heavy (non-hydrogen) atoms. The van der Waals surface area contributed by atoms with Gasteiger partial charge in [-0.3, -0.25) is 10.0 Å². The average molecular weight is 353 g/mol. The van der Waals surface area contributed by atoms with Gasteiger partial charge >= 0.3 is 6.09 Å². The summed E-state index contributed by atoms with van der Waals surface area (Å²) < 4.78 is 13.9. The van der Waals surface area contributed by atoms with E-state index in [-0.39, 0.29) is 21.7 Å². The number of carbonyl (C=O) groups is 2. The van der Waals surface area contributed by atoms with E-state index >= 15 is 0 Å². The number of halogens is 2. The third-order valence-corrected chi connectivity index (χ3v) is 3.00. The maximum atomic E-state index is 13.9. The number of hydrogen-bond donors (Lipinski definition) is 2. The summed E-state index contributed by atoms with van der Waals surface area (Å²) >= 11 is 5.58. The maximum Gasteiger partial charge on any atom is 0.417 e. The molecule has 0 radical (unpaired) electrons. The van der Waals surface area contributed by atoms with Crippen molar-refractivity contribution in [3.8, 4) is 0 Å². The third kappa shape index (κ3) is 3.47. The second kappa shape index (κ2) is 7.02. The van der Waals surface area contributed by atoms with Gasteiger partial charge in [0.05, 0.1) is 17.6 Å². The largest absolute Gasteiger partial charge is 0.464 e. The first kappa shape index (κ1) is 17.3. The molecule has 0 aliphatic rings. The number of carboxylic acid groups (broad SMARTS) is 1. The van der Waals surface area contributed by atoms with Crippen LogP contribution in [0.15, 0.2) is 43.1 Å². The fourth-order valence-electron chi connectivity index (χ4n) is 1.80. The van der Waals surface area contributed by atoms with Gasteiger partial charge < -0.3 is 5.11 Å². The van der Waals surface area contributed by atoms with Gasteiger partial charge in [-0.2, -0.15) is 10.0 Å². The summed E-state index contributed by atoms with van der Waals surface area (Å²) in [4.78, 5) is 30.4. The summed E-state index contributed by atoms with van der Waals surface area (Å²) in [5, 5.41) is 19.0. The molecule has 2 amide bonds. The van der Waals surface area contributed by atoms with Crippen molar-refractivity contribution in [2.75, 3.05) is 9.96 Å². The molecule has 10 heteroatoms. The van der Waals surface area contributed by atoms with E-state index in [1.54, 1.807) is 0 Å². The zero-order chi connectivity index (χ0) is 17.9. The van der Waals surface area contributed by atoms with E-state index in [0.717, 1.165) is 18.3 Å². The summed E-state index contributed by atoms with van der Waals surface area (Å²) in [6.07, 6.45) is 0.0376. The normalized spacial score (nSPS) is 10.1. The van der Waals surface area contributed by atoms with Gasteiger partial charge in [0.15, 0.2) is 11.6 Å². The Morgan fingerprint density at radius 3 is 2.62 bits per heavy atom. The SMILES string of the molecule is C=CC(=O)N(O)c1cccc(N(C(=O)O)c2nc(Cl)ncc2F)c1. The van der Waals surface area contributed by atoms with Gasteiger partial charge in [-0.05, 0) is 35.9 Å². The quantitative estimate of drug-likeness (QED) is 0.379. The van der Waals surface area contributed by atoms with Crippen LogP contribution in [0.25, 0.3) is 0 Å². The molecule has 124 valence electrons. The van der Waals surface area contributed by atoms with Crippen LogP contribution < -0.4 is 9.96 Å². The van der Waals surface area contributed by atoms with Gasteiger partial charge in [-0.1, -0.05) is 12.6 Å². The molecule has 2 N–H and O–H groups in total. The Kier molecular flexibility index (Phi) is 5.07. The Morgan fingerprint density at radius 1 is 1.33 bits per heavy atom. The van der Waals surface area contributed by atoms with Crippen LogP contribution in [0, 0.1) is 5.82 Å². The number of nitrogens with zero attached hydrogens (tertiary/aromatic N) is 4. The number of aromatic nitrogens is 2. The summed E-state index contributed by atoms with van der Waals surface area (Å²) in [6, 6.07) is 5.17. The number of hydroxylamine groups is 1. The number of amides is 2. The minimum atomic E-state index is -1.56. The van der Waals surface area contributed by atoms with Gasteiger partial charge in [-0.25, -0.2) is 19.1 Å². The molecule has 0 fully saturated rings. The third-order valence-electron chi connectivity index (χ3n) is 2.82. The zero-order valence-electron chi connectivity index (χ0n) is 11.9. The minimum absolute atomic E-state index is 0.0517. The van der Waals surface area contributed by atoms with Crippen LogP contribution in [-0.2, 0) is 4.79 Å². The second-order valence-corrected chi connectivity index (χ2v) is 4.64. The molecule has 0 aliphatic carbocycles. The Balaban J connectivity index is 2.53. The number of hydrogen-bond acceptors (Lipinski definition) is 5. The Hall–Kier alpha value is -3.04. The first-order valence-electron chi connectivity index (χ1n) is 6.31. The maximum absolute atomic E-state index is 13.9. The highest BCUT2D eigenvalue weighted by Crippen LogP contribution is 2.29. The summed E-state index contributed by atoms with van der Waals surface area (Å²) in [6.45, 7) is 3.22. The lowest BCUT2D eigenvalue weighted by molar-refractivity contribution is -0.118. The molecule has 1 aromatic carbocycles. The Labute approximate surface area is 140 Å². The van der Waals surface area contributed by atoms with Crippen molar-refractivity contribution in [1.82, 2.24) is 9.97 Å². The summed E-state index contributed by atoms with van der Waals surface area (Å²) in [5.41, 5.74) is -0.131. The zero-order valence-corrected chi connectivity index (χ0v) is 12.7. The van der Waals surface area contributed by atoms with E-state index in [1.807, 2.05) is 0 Å². The van der Waals surface area contributed by atoms with Crippen LogP contribution in [-0.4, -0.2) is 32.3 Å². The van der Waals surface area contributed by atoms with Crippen LogP contribution in [0.1, 0.15) is 0 Å². The molecule has 0 aliphatic heterocycles. The molecular weight excluding hydrogens is 343 g/mol. The lowest BCUT2D eigenvalue weighted by atomic mass is 10.2. The minimum Gasteiger partial charge on any atom is -0.464 e. The molecule has 0 spiro atoms. The summed E-state index contributed by atoms with van der Waals surface area (Å²) in [7, 11) is 0. The van der Waals surface area contributed by atoms with Crippen LogP contribution in [0.2, 0.25) is 5.28 Å². The van der Waals surface area contributed by atoms with Crippen molar-refractivity contribution < 1.29 is 24.3 Å². The van der Waals surface area contributed by atoms with Crippen LogP contribution in [0.3, 0.4) is 0 Å². The van der Waals surface area contributed by atoms with E-state index in [0.29, 0.717) is 4.90 Å². The molecule has 2 rings (SSSR count). The van der Waals surface area contributed by atoms with E-state index in [2.05, 4.69) is 16.5 Å². The van der Waals surface area contributed by atoms with Gasteiger partial charge in [-0.15, -0.1) is 0 Å². The molecule has 8 nitrogen and oxygen atoms in total. The number of rotatable bonds is 4. The van der Waals surface area contributed by atoms with Crippen molar-refractivity contribution in [1.29, 1.82) is 0 Å². The van der Waals surface area contributed by atoms with Crippen LogP contribution >= 0.6 is 11.6 Å². The molecular formula is C14H10ClFN4O4. The van der Waals surface area contributed by atoms with Gasteiger partial charge in [0.25, 0.3) is 5.91 Å². The highest BCUT2D eigenvalue weighted by Gasteiger charge is 2.24. The molecule has 0 saturated carbocycles. The lowest BCUT2D eigenvalue weighted by Gasteiger charge is -2.20. The van der Waals surface area contributed by atoms with E-state index in [1.165, 1.54) is 18.2 Å². The number of benzene rings is 1. The van der Waals surface area contributed by atoms with E-state index in [9.17, 15) is 24.3 Å². The summed E-state index contributed by atoms with van der Waals surface area (Å²) in [5.74, 6) is -2.44. The van der Waals surface area contributed by atoms with E-state index in [4.69, 9.17) is 11.6 Å². The van der Waals surface area contributed by atoms with Crippen molar-refractivity contribution in [3.63, 3.8) is 0 Å². The highest BCUT2D eigenvalue weighted by molar-refractivity contribution is 6.28.